The quantitative estimate of drug-likeness (QED) is 0.805. The molecule has 2 N–H and O–H groups in total. The summed E-state index contributed by atoms with van der Waals surface area (Å²) in [5.74, 6) is 0.991. The van der Waals surface area contributed by atoms with Crippen molar-refractivity contribution in [2.75, 3.05) is 6.61 Å². The molecule has 6 heteroatoms. The summed E-state index contributed by atoms with van der Waals surface area (Å²) in [6, 6.07) is 9.13. The van der Waals surface area contributed by atoms with E-state index >= 15 is 0 Å². The monoisotopic (exact) mass is 344 g/mol. The Hall–Kier alpha value is -2.16. The molecule has 0 bridgehead atoms. The Morgan fingerprint density at radius 3 is 2.71 bits per heavy atom. The molecule has 0 aliphatic rings. The van der Waals surface area contributed by atoms with Crippen LogP contribution in [0.1, 0.15) is 32.8 Å². The first-order valence-corrected chi connectivity index (χ1v) is 8.12. The lowest BCUT2D eigenvalue weighted by molar-refractivity contribution is 0.206. The SMILES string of the molecule is CC(C)CC(C)(N)COc1ccc(-c2cc(Cl)ncn2)cc1C#N. The van der Waals surface area contributed by atoms with Crippen LogP contribution in [-0.4, -0.2) is 22.1 Å². The van der Waals surface area contributed by atoms with Crippen LogP contribution in [0, 0.1) is 17.2 Å². The summed E-state index contributed by atoms with van der Waals surface area (Å²) >= 11 is 5.89. The minimum Gasteiger partial charge on any atom is -0.490 e. The van der Waals surface area contributed by atoms with Gasteiger partial charge in [0.2, 0.25) is 0 Å². The molecule has 0 aliphatic heterocycles. The number of nitriles is 1. The second-order valence-corrected chi connectivity index (χ2v) is 6.98. The Labute approximate surface area is 147 Å². The minimum atomic E-state index is -0.445. The number of rotatable bonds is 6. The molecular formula is C18H21ClN4O. The molecule has 0 fully saturated rings. The van der Waals surface area contributed by atoms with E-state index in [9.17, 15) is 5.26 Å². The molecule has 2 rings (SSSR count). The molecule has 2 aromatic rings. The highest BCUT2D eigenvalue weighted by Gasteiger charge is 2.21. The summed E-state index contributed by atoms with van der Waals surface area (Å²) in [5, 5.41) is 9.75. The first kappa shape index (κ1) is 18.2. The van der Waals surface area contributed by atoms with Gasteiger partial charge in [0.05, 0.1) is 11.3 Å². The Bertz CT molecular complexity index is 753. The largest absolute Gasteiger partial charge is 0.490 e. The zero-order chi connectivity index (χ0) is 17.7. The van der Waals surface area contributed by atoms with Gasteiger partial charge in [-0.1, -0.05) is 25.4 Å². The van der Waals surface area contributed by atoms with Gasteiger partial charge in [-0.05, 0) is 37.5 Å². The number of hydrogen-bond donors (Lipinski definition) is 1. The number of hydrogen-bond acceptors (Lipinski definition) is 5. The van der Waals surface area contributed by atoms with Crippen LogP contribution < -0.4 is 10.5 Å². The van der Waals surface area contributed by atoms with E-state index < -0.39 is 5.54 Å². The van der Waals surface area contributed by atoms with Gasteiger partial charge in [-0.25, -0.2) is 9.97 Å². The van der Waals surface area contributed by atoms with Gasteiger partial charge in [0, 0.05) is 17.2 Å². The number of nitrogens with zero attached hydrogens (tertiary/aromatic N) is 3. The average molecular weight is 345 g/mol. The summed E-state index contributed by atoms with van der Waals surface area (Å²) in [7, 11) is 0. The van der Waals surface area contributed by atoms with Crippen molar-refractivity contribution < 1.29 is 4.74 Å². The highest BCUT2D eigenvalue weighted by atomic mass is 35.5. The number of ether oxygens (including phenoxy) is 1. The molecule has 0 saturated carbocycles. The van der Waals surface area contributed by atoms with Gasteiger partial charge in [0.15, 0.2) is 0 Å². The van der Waals surface area contributed by atoms with Crippen molar-refractivity contribution in [3.05, 3.63) is 41.3 Å². The average Bonchev–Trinajstić information content (AvgIpc) is 2.51. The summed E-state index contributed by atoms with van der Waals surface area (Å²) in [6.45, 7) is 6.54. The van der Waals surface area contributed by atoms with E-state index in [-0.39, 0.29) is 0 Å². The van der Waals surface area contributed by atoms with Gasteiger partial charge in [0.1, 0.15) is 29.9 Å². The number of benzene rings is 1. The van der Waals surface area contributed by atoms with Crippen LogP contribution in [0.5, 0.6) is 5.75 Å². The fourth-order valence-corrected chi connectivity index (χ4v) is 2.78. The number of aromatic nitrogens is 2. The topological polar surface area (TPSA) is 84.8 Å². The van der Waals surface area contributed by atoms with E-state index in [0.29, 0.717) is 34.7 Å². The molecular weight excluding hydrogens is 324 g/mol. The first-order valence-electron chi connectivity index (χ1n) is 7.74. The van der Waals surface area contributed by atoms with E-state index in [1.807, 2.05) is 13.0 Å². The molecule has 1 aromatic carbocycles. The smallest absolute Gasteiger partial charge is 0.137 e. The van der Waals surface area contributed by atoms with Gasteiger partial charge in [-0.3, -0.25) is 0 Å². The minimum absolute atomic E-state index is 0.346. The molecule has 24 heavy (non-hydrogen) atoms. The molecule has 1 atom stereocenters. The number of halogens is 1. The van der Waals surface area contributed by atoms with Gasteiger partial charge >= 0.3 is 0 Å². The second-order valence-electron chi connectivity index (χ2n) is 6.59. The standard InChI is InChI=1S/C18H21ClN4O/c1-12(2)8-18(3,21)10-24-16-5-4-13(6-14(16)9-20)15-7-17(19)23-11-22-15/h4-7,11-12H,8,10,21H2,1-3H3. The first-order chi connectivity index (χ1) is 11.3. The summed E-state index contributed by atoms with van der Waals surface area (Å²) in [6.07, 6.45) is 2.23. The molecule has 0 spiro atoms. The van der Waals surface area contributed by atoms with E-state index in [1.54, 1.807) is 18.2 Å². The third-order valence-corrected chi connectivity index (χ3v) is 3.67. The molecule has 5 nitrogen and oxygen atoms in total. The van der Waals surface area contributed by atoms with E-state index in [2.05, 4.69) is 29.9 Å². The lowest BCUT2D eigenvalue weighted by atomic mass is 9.93. The molecule has 0 amide bonds. The van der Waals surface area contributed by atoms with Crippen LogP contribution in [0.2, 0.25) is 5.15 Å². The van der Waals surface area contributed by atoms with Crippen LogP contribution in [0.4, 0.5) is 0 Å². The zero-order valence-corrected chi connectivity index (χ0v) is 14.8. The van der Waals surface area contributed by atoms with Crippen LogP contribution in [0.25, 0.3) is 11.3 Å². The molecule has 1 aromatic heterocycles. The maximum Gasteiger partial charge on any atom is 0.137 e. The van der Waals surface area contributed by atoms with E-state index in [4.69, 9.17) is 22.1 Å². The summed E-state index contributed by atoms with van der Waals surface area (Å²) in [5.41, 5.74) is 7.68. The van der Waals surface area contributed by atoms with Crippen molar-refractivity contribution in [2.45, 2.75) is 32.7 Å². The lowest BCUT2D eigenvalue weighted by Gasteiger charge is -2.26. The fraction of sp³-hybridized carbons (Fsp3) is 0.389. The molecule has 1 heterocycles. The van der Waals surface area contributed by atoms with Gasteiger partial charge < -0.3 is 10.5 Å². The molecule has 1 unspecified atom stereocenters. The van der Waals surface area contributed by atoms with E-state index in [1.165, 1.54) is 6.33 Å². The van der Waals surface area contributed by atoms with Crippen molar-refractivity contribution in [1.29, 1.82) is 5.26 Å². The second kappa shape index (κ2) is 7.61. The van der Waals surface area contributed by atoms with Crippen LogP contribution in [0.15, 0.2) is 30.6 Å². The normalized spacial score (nSPS) is 13.4. The molecule has 0 aliphatic carbocycles. The predicted octanol–water partition coefficient (Wildman–Crippen LogP) is 3.81. The van der Waals surface area contributed by atoms with Crippen LogP contribution in [0.3, 0.4) is 0 Å². The Morgan fingerprint density at radius 2 is 2.08 bits per heavy atom. The molecule has 126 valence electrons. The third kappa shape index (κ3) is 4.92. The third-order valence-electron chi connectivity index (χ3n) is 3.46. The Kier molecular flexibility index (Phi) is 5.76. The lowest BCUT2D eigenvalue weighted by Crippen LogP contribution is -2.43. The number of nitrogens with two attached hydrogens (primary N) is 1. The van der Waals surface area contributed by atoms with Crippen molar-refractivity contribution in [2.24, 2.45) is 11.7 Å². The fourth-order valence-electron chi connectivity index (χ4n) is 2.63. The highest BCUT2D eigenvalue weighted by Crippen LogP contribution is 2.27. The van der Waals surface area contributed by atoms with Crippen LogP contribution in [-0.2, 0) is 0 Å². The van der Waals surface area contributed by atoms with Gasteiger partial charge in [0.25, 0.3) is 0 Å². The van der Waals surface area contributed by atoms with Crippen molar-refractivity contribution in [1.82, 2.24) is 9.97 Å². The highest BCUT2D eigenvalue weighted by molar-refractivity contribution is 6.29. The van der Waals surface area contributed by atoms with Crippen LogP contribution >= 0.6 is 11.6 Å². The summed E-state index contributed by atoms with van der Waals surface area (Å²) in [4.78, 5) is 8.02. The van der Waals surface area contributed by atoms with Crippen molar-refractivity contribution in [3.8, 4) is 23.1 Å². The summed E-state index contributed by atoms with van der Waals surface area (Å²) < 4.78 is 5.80. The zero-order valence-electron chi connectivity index (χ0n) is 14.1. The maximum atomic E-state index is 9.40. The van der Waals surface area contributed by atoms with Gasteiger partial charge in [-0.15, -0.1) is 0 Å². The van der Waals surface area contributed by atoms with Crippen molar-refractivity contribution >= 4 is 11.6 Å². The predicted molar refractivity (Wildman–Crippen MR) is 94.7 cm³/mol. The maximum absolute atomic E-state index is 9.40. The Balaban J connectivity index is 2.20. The molecule has 0 saturated heterocycles. The Morgan fingerprint density at radius 1 is 1.33 bits per heavy atom. The van der Waals surface area contributed by atoms with E-state index in [0.717, 1.165) is 12.0 Å². The molecule has 0 radical (unpaired) electrons. The van der Waals surface area contributed by atoms with Crippen molar-refractivity contribution in [3.63, 3.8) is 0 Å². The van der Waals surface area contributed by atoms with Gasteiger partial charge in [-0.2, -0.15) is 5.26 Å².